The molecule has 0 saturated carbocycles. The molecule has 0 amide bonds. The van der Waals surface area contributed by atoms with Gasteiger partial charge in [-0.25, -0.2) is 10.4 Å². The highest BCUT2D eigenvalue weighted by atomic mass is 32.2. The minimum atomic E-state index is -0.115. The van der Waals surface area contributed by atoms with Crippen LogP contribution in [0.2, 0.25) is 0 Å². The number of ether oxygens (including phenoxy) is 1. The van der Waals surface area contributed by atoms with Crippen molar-refractivity contribution in [2.75, 3.05) is 42.4 Å². The SMILES string of the molecule is CC(C)(C)c1ccc2occ(/C=N/Nc3nc4c(c(N5CCOCC5)n3)CSCC4)c(=O)c2c1. The molecule has 2 aromatic heterocycles. The first-order valence-corrected chi connectivity index (χ1v) is 12.7. The maximum atomic E-state index is 13.1. The Balaban J connectivity index is 1.42. The van der Waals surface area contributed by atoms with E-state index in [1.807, 2.05) is 30.0 Å². The van der Waals surface area contributed by atoms with Crippen molar-refractivity contribution in [1.82, 2.24) is 9.97 Å². The third kappa shape index (κ3) is 4.67. The molecule has 4 heterocycles. The quantitative estimate of drug-likeness (QED) is 0.444. The first-order chi connectivity index (χ1) is 16.4. The van der Waals surface area contributed by atoms with Crippen LogP contribution in [-0.4, -0.2) is 48.2 Å². The van der Waals surface area contributed by atoms with E-state index in [2.05, 4.69) is 36.2 Å². The summed E-state index contributed by atoms with van der Waals surface area (Å²) in [6.07, 6.45) is 3.82. The number of anilines is 2. The van der Waals surface area contributed by atoms with E-state index in [0.717, 1.165) is 48.1 Å². The summed E-state index contributed by atoms with van der Waals surface area (Å²) < 4.78 is 11.2. The lowest BCUT2D eigenvalue weighted by Gasteiger charge is -2.31. The molecule has 0 aliphatic carbocycles. The van der Waals surface area contributed by atoms with E-state index in [4.69, 9.17) is 19.1 Å². The van der Waals surface area contributed by atoms with E-state index in [9.17, 15) is 4.79 Å². The number of hydrogen-bond donors (Lipinski definition) is 1. The summed E-state index contributed by atoms with van der Waals surface area (Å²) in [5.41, 5.74) is 7.04. The van der Waals surface area contributed by atoms with Gasteiger partial charge in [0.15, 0.2) is 0 Å². The fraction of sp³-hybridized carbons (Fsp3) is 0.440. The molecule has 1 aromatic carbocycles. The predicted molar refractivity (Wildman–Crippen MR) is 137 cm³/mol. The smallest absolute Gasteiger partial charge is 0.245 e. The zero-order valence-corrected chi connectivity index (χ0v) is 20.6. The maximum absolute atomic E-state index is 13.1. The highest BCUT2D eigenvalue weighted by molar-refractivity contribution is 7.98. The lowest BCUT2D eigenvalue weighted by Crippen LogP contribution is -2.38. The topological polar surface area (TPSA) is 92.8 Å². The van der Waals surface area contributed by atoms with E-state index in [0.29, 0.717) is 35.7 Å². The summed E-state index contributed by atoms with van der Waals surface area (Å²) in [6, 6.07) is 5.76. The average molecular weight is 480 g/mol. The first-order valence-electron chi connectivity index (χ1n) is 11.6. The van der Waals surface area contributed by atoms with Crippen LogP contribution in [-0.2, 0) is 22.3 Å². The van der Waals surface area contributed by atoms with Gasteiger partial charge in [-0.3, -0.25) is 4.79 Å². The minimum Gasteiger partial charge on any atom is -0.463 e. The highest BCUT2D eigenvalue weighted by Crippen LogP contribution is 2.32. The Morgan fingerprint density at radius 3 is 2.82 bits per heavy atom. The number of aryl methyl sites for hydroxylation is 1. The maximum Gasteiger partial charge on any atom is 0.245 e. The van der Waals surface area contributed by atoms with Crippen LogP contribution < -0.4 is 15.8 Å². The van der Waals surface area contributed by atoms with Crippen LogP contribution in [0.1, 0.15) is 43.2 Å². The summed E-state index contributed by atoms with van der Waals surface area (Å²) in [6.45, 7) is 9.37. The third-order valence-corrected chi connectivity index (χ3v) is 7.13. The molecule has 0 radical (unpaired) electrons. The van der Waals surface area contributed by atoms with Gasteiger partial charge in [0.05, 0.1) is 36.1 Å². The fourth-order valence-electron chi connectivity index (χ4n) is 4.16. The molecule has 0 spiro atoms. The zero-order valence-electron chi connectivity index (χ0n) is 19.8. The predicted octanol–water partition coefficient (Wildman–Crippen LogP) is 3.95. The van der Waals surface area contributed by atoms with Crippen LogP contribution in [0.15, 0.2) is 38.8 Å². The van der Waals surface area contributed by atoms with Crippen molar-refractivity contribution in [1.29, 1.82) is 0 Å². The number of nitrogens with one attached hydrogen (secondary N) is 1. The number of hydrazone groups is 1. The van der Waals surface area contributed by atoms with Crippen molar-refractivity contribution in [3.05, 3.63) is 57.1 Å². The molecular weight excluding hydrogens is 450 g/mol. The molecule has 5 rings (SSSR count). The Bertz CT molecular complexity index is 1290. The molecule has 2 aliphatic rings. The van der Waals surface area contributed by atoms with Crippen molar-refractivity contribution in [3.63, 3.8) is 0 Å². The second-order valence-electron chi connectivity index (χ2n) is 9.55. The molecule has 178 valence electrons. The summed E-state index contributed by atoms with van der Waals surface area (Å²) >= 11 is 1.91. The zero-order chi connectivity index (χ0) is 23.7. The van der Waals surface area contributed by atoms with Gasteiger partial charge in [-0.2, -0.15) is 21.8 Å². The van der Waals surface area contributed by atoms with Crippen molar-refractivity contribution < 1.29 is 9.15 Å². The molecule has 0 unspecified atom stereocenters. The fourth-order valence-corrected chi connectivity index (χ4v) is 5.14. The van der Waals surface area contributed by atoms with Crippen molar-refractivity contribution in [3.8, 4) is 0 Å². The van der Waals surface area contributed by atoms with Crippen LogP contribution in [0.4, 0.5) is 11.8 Å². The summed E-state index contributed by atoms with van der Waals surface area (Å²) in [4.78, 5) is 24.8. The lowest BCUT2D eigenvalue weighted by molar-refractivity contribution is 0.122. The van der Waals surface area contributed by atoms with Gasteiger partial charge in [0.25, 0.3) is 0 Å². The van der Waals surface area contributed by atoms with Gasteiger partial charge in [0.1, 0.15) is 17.7 Å². The number of hydrogen-bond acceptors (Lipinski definition) is 9. The van der Waals surface area contributed by atoms with Gasteiger partial charge in [0.2, 0.25) is 11.4 Å². The monoisotopic (exact) mass is 479 g/mol. The van der Waals surface area contributed by atoms with E-state index in [1.54, 1.807) is 0 Å². The number of morpholine rings is 1. The summed E-state index contributed by atoms with van der Waals surface area (Å²) in [5, 5.41) is 4.83. The molecule has 1 N–H and O–H groups in total. The summed E-state index contributed by atoms with van der Waals surface area (Å²) in [5.74, 6) is 3.35. The molecule has 2 aliphatic heterocycles. The molecular formula is C25H29N5O3S. The number of fused-ring (bicyclic) bond motifs is 2. The van der Waals surface area contributed by atoms with Gasteiger partial charge >= 0.3 is 0 Å². The minimum absolute atomic E-state index is 0.0627. The van der Waals surface area contributed by atoms with Gasteiger partial charge in [0, 0.05) is 24.4 Å². The van der Waals surface area contributed by atoms with Gasteiger partial charge in [-0.1, -0.05) is 26.8 Å². The molecule has 8 nitrogen and oxygen atoms in total. The van der Waals surface area contributed by atoms with E-state index < -0.39 is 0 Å². The van der Waals surface area contributed by atoms with E-state index in [-0.39, 0.29) is 10.8 Å². The molecule has 0 bridgehead atoms. The standard InChI is InChI=1S/C25H29N5O3S/c1-25(2,3)17-4-5-21-18(12-17)22(31)16(14-33-21)13-26-29-24-27-20-6-11-34-15-19(20)23(28-24)30-7-9-32-10-8-30/h4-5,12-14H,6-11,15H2,1-3H3,(H,27,28,29)/b26-13+. The Labute approximate surface area is 202 Å². The van der Waals surface area contributed by atoms with Crippen LogP contribution in [0.3, 0.4) is 0 Å². The highest BCUT2D eigenvalue weighted by Gasteiger charge is 2.23. The molecule has 1 saturated heterocycles. The van der Waals surface area contributed by atoms with Gasteiger partial charge < -0.3 is 14.1 Å². The number of rotatable bonds is 4. The second kappa shape index (κ2) is 9.38. The normalized spacial score (nSPS) is 16.7. The largest absolute Gasteiger partial charge is 0.463 e. The van der Waals surface area contributed by atoms with Crippen LogP contribution in [0.5, 0.6) is 0 Å². The van der Waals surface area contributed by atoms with E-state index >= 15 is 0 Å². The first kappa shape index (κ1) is 22.9. The average Bonchev–Trinajstić information content (AvgIpc) is 2.85. The number of benzene rings is 1. The summed E-state index contributed by atoms with van der Waals surface area (Å²) in [7, 11) is 0. The Hall–Kier alpha value is -2.91. The Morgan fingerprint density at radius 1 is 1.21 bits per heavy atom. The van der Waals surface area contributed by atoms with Crippen molar-refractivity contribution in [2.45, 2.75) is 38.4 Å². The second-order valence-corrected chi connectivity index (χ2v) is 10.7. The number of nitrogens with zero attached hydrogens (tertiary/aromatic N) is 4. The molecule has 0 atom stereocenters. The van der Waals surface area contributed by atoms with Crippen molar-refractivity contribution in [2.24, 2.45) is 5.10 Å². The number of thioether (sulfide) groups is 1. The Morgan fingerprint density at radius 2 is 2.03 bits per heavy atom. The van der Waals surface area contributed by atoms with E-state index in [1.165, 1.54) is 18.0 Å². The van der Waals surface area contributed by atoms with Gasteiger partial charge in [-0.15, -0.1) is 0 Å². The van der Waals surface area contributed by atoms with Gasteiger partial charge in [-0.05, 0) is 35.3 Å². The number of aromatic nitrogens is 2. The Kier molecular flexibility index (Phi) is 6.31. The molecule has 9 heteroatoms. The third-order valence-electron chi connectivity index (χ3n) is 6.14. The van der Waals surface area contributed by atoms with Crippen molar-refractivity contribution >= 4 is 40.7 Å². The van der Waals surface area contributed by atoms with Crippen LogP contribution >= 0.6 is 11.8 Å². The molecule has 34 heavy (non-hydrogen) atoms. The van der Waals surface area contributed by atoms with Crippen LogP contribution in [0, 0.1) is 0 Å². The molecule has 3 aromatic rings. The lowest BCUT2D eigenvalue weighted by atomic mass is 9.86. The van der Waals surface area contributed by atoms with Crippen LogP contribution in [0.25, 0.3) is 11.0 Å². The molecule has 1 fully saturated rings.